The fraction of sp³-hybridized carbons (Fsp3) is 0.706. The molecule has 23 heavy (non-hydrogen) atoms. The molecule has 0 spiro atoms. The van der Waals surface area contributed by atoms with E-state index in [2.05, 4.69) is 5.32 Å². The topological polar surface area (TPSA) is 74.9 Å². The number of nitrogens with zero attached hydrogens (tertiary/aromatic N) is 1. The first kappa shape index (κ1) is 17.8. The molecule has 2 atom stereocenters. The van der Waals surface area contributed by atoms with E-state index in [0.717, 1.165) is 25.0 Å². The summed E-state index contributed by atoms with van der Waals surface area (Å²) in [5, 5.41) is 13.0. The lowest BCUT2D eigenvalue weighted by Gasteiger charge is -2.26. The third-order valence-electron chi connectivity index (χ3n) is 3.89. The summed E-state index contributed by atoms with van der Waals surface area (Å²) in [6.07, 6.45) is 4.06. The van der Waals surface area contributed by atoms with Crippen molar-refractivity contribution in [1.82, 2.24) is 10.2 Å². The largest absolute Gasteiger partial charge is 0.468 e. The van der Waals surface area contributed by atoms with Crippen LogP contribution in [-0.2, 0) is 4.74 Å². The molecule has 0 saturated carbocycles. The molecule has 1 aromatic rings. The highest BCUT2D eigenvalue weighted by atomic mass is 16.6. The lowest BCUT2D eigenvalue weighted by atomic mass is 10.1. The number of amides is 1. The standard InChI is InChI=1S/C17H28N2O4/c1-17(2,3)23-16(21)19-9-4-6-13(8-10-19)18-14(12-20)15-7-5-11-22-15/h5,7,11,13-14,18,20H,4,6,8-10,12H2,1-3H3/t13-,14-/m0/s1. The van der Waals surface area contributed by atoms with Crippen molar-refractivity contribution in [3.8, 4) is 0 Å². The van der Waals surface area contributed by atoms with Crippen LogP contribution in [0.3, 0.4) is 0 Å². The molecule has 6 heteroatoms. The first-order valence-corrected chi connectivity index (χ1v) is 8.27. The van der Waals surface area contributed by atoms with Gasteiger partial charge in [0.2, 0.25) is 0 Å². The van der Waals surface area contributed by atoms with Gasteiger partial charge in [0, 0.05) is 19.1 Å². The van der Waals surface area contributed by atoms with E-state index >= 15 is 0 Å². The quantitative estimate of drug-likeness (QED) is 0.890. The summed E-state index contributed by atoms with van der Waals surface area (Å²) in [6, 6.07) is 3.71. The monoisotopic (exact) mass is 324 g/mol. The summed E-state index contributed by atoms with van der Waals surface area (Å²) in [6.45, 7) is 6.98. The molecule has 2 N–H and O–H groups in total. The Hall–Kier alpha value is -1.53. The van der Waals surface area contributed by atoms with Crippen LogP contribution in [0.1, 0.15) is 51.8 Å². The summed E-state index contributed by atoms with van der Waals surface area (Å²) in [5.41, 5.74) is -0.470. The van der Waals surface area contributed by atoms with Crippen molar-refractivity contribution in [2.24, 2.45) is 0 Å². The maximum atomic E-state index is 12.2. The number of ether oxygens (including phenoxy) is 1. The van der Waals surface area contributed by atoms with Crippen LogP contribution in [-0.4, -0.2) is 47.4 Å². The number of likely N-dealkylation sites (tertiary alicyclic amines) is 1. The minimum atomic E-state index is -0.470. The Bertz CT molecular complexity index is 481. The van der Waals surface area contributed by atoms with Crippen molar-refractivity contribution in [2.75, 3.05) is 19.7 Å². The van der Waals surface area contributed by atoms with E-state index in [0.29, 0.717) is 13.1 Å². The van der Waals surface area contributed by atoms with Crippen molar-refractivity contribution in [1.29, 1.82) is 0 Å². The van der Waals surface area contributed by atoms with Crippen LogP contribution in [0.2, 0.25) is 0 Å². The smallest absolute Gasteiger partial charge is 0.410 e. The van der Waals surface area contributed by atoms with Gasteiger partial charge in [-0.3, -0.25) is 0 Å². The van der Waals surface area contributed by atoms with E-state index in [4.69, 9.17) is 9.15 Å². The molecule has 1 aliphatic heterocycles. The molecule has 1 aliphatic rings. The molecule has 1 amide bonds. The van der Waals surface area contributed by atoms with E-state index < -0.39 is 5.60 Å². The van der Waals surface area contributed by atoms with Crippen LogP contribution < -0.4 is 5.32 Å². The zero-order chi connectivity index (χ0) is 16.9. The number of rotatable bonds is 4. The Morgan fingerprint density at radius 2 is 2.26 bits per heavy atom. The third kappa shape index (κ3) is 5.55. The van der Waals surface area contributed by atoms with Gasteiger partial charge in [-0.05, 0) is 52.2 Å². The molecule has 2 rings (SSSR count). The van der Waals surface area contributed by atoms with Gasteiger partial charge in [0.1, 0.15) is 11.4 Å². The van der Waals surface area contributed by atoms with Crippen LogP contribution in [0, 0.1) is 0 Å². The Morgan fingerprint density at radius 3 is 2.87 bits per heavy atom. The number of aliphatic hydroxyl groups excluding tert-OH is 1. The summed E-state index contributed by atoms with van der Waals surface area (Å²) >= 11 is 0. The molecule has 0 radical (unpaired) electrons. The fourth-order valence-electron chi connectivity index (χ4n) is 2.77. The molecule has 2 heterocycles. The lowest BCUT2D eigenvalue weighted by molar-refractivity contribution is 0.0255. The minimum absolute atomic E-state index is 0.0141. The minimum Gasteiger partial charge on any atom is -0.468 e. The average molecular weight is 324 g/mol. The third-order valence-corrected chi connectivity index (χ3v) is 3.89. The second-order valence-corrected chi connectivity index (χ2v) is 7.01. The molecule has 0 bridgehead atoms. The van der Waals surface area contributed by atoms with Crippen molar-refractivity contribution in [2.45, 2.75) is 57.7 Å². The van der Waals surface area contributed by atoms with E-state index in [9.17, 15) is 9.90 Å². The molecule has 0 aliphatic carbocycles. The van der Waals surface area contributed by atoms with Crippen LogP contribution in [0.4, 0.5) is 4.79 Å². The van der Waals surface area contributed by atoms with Crippen molar-refractivity contribution in [3.05, 3.63) is 24.2 Å². The van der Waals surface area contributed by atoms with Gasteiger partial charge in [0.15, 0.2) is 0 Å². The van der Waals surface area contributed by atoms with Gasteiger partial charge in [-0.2, -0.15) is 0 Å². The molecule has 1 saturated heterocycles. The Labute approximate surface area is 137 Å². The van der Waals surface area contributed by atoms with E-state index in [1.807, 2.05) is 32.9 Å². The maximum absolute atomic E-state index is 12.2. The van der Waals surface area contributed by atoms with Crippen molar-refractivity contribution >= 4 is 6.09 Å². The van der Waals surface area contributed by atoms with Gasteiger partial charge in [-0.15, -0.1) is 0 Å². The molecule has 1 aromatic heterocycles. The van der Waals surface area contributed by atoms with Gasteiger partial charge in [0.05, 0.1) is 18.9 Å². The normalized spacial score (nSPS) is 20.9. The predicted molar refractivity (Wildman–Crippen MR) is 87.1 cm³/mol. The highest BCUT2D eigenvalue weighted by Gasteiger charge is 2.26. The van der Waals surface area contributed by atoms with Gasteiger partial charge in [-0.1, -0.05) is 0 Å². The molecule has 0 unspecified atom stereocenters. The Kier molecular flexibility index (Phi) is 6.07. The van der Waals surface area contributed by atoms with Crippen LogP contribution >= 0.6 is 0 Å². The zero-order valence-electron chi connectivity index (χ0n) is 14.2. The number of aliphatic hydroxyl groups is 1. The number of hydrogen-bond acceptors (Lipinski definition) is 5. The maximum Gasteiger partial charge on any atom is 0.410 e. The average Bonchev–Trinajstić information content (AvgIpc) is 2.89. The van der Waals surface area contributed by atoms with Gasteiger partial charge >= 0.3 is 6.09 Å². The summed E-state index contributed by atoms with van der Waals surface area (Å²) in [4.78, 5) is 13.9. The Morgan fingerprint density at radius 1 is 1.48 bits per heavy atom. The van der Waals surface area contributed by atoms with Crippen molar-refractivity contribution < 1.29 is 19.1 Å². The van der Waals surface area contributed by atoms with Crippen LogP contribution in [0.15, 0.2) is 22.8 Å². The SMILES string of the molecule is CC(C)(C)OC(=O)N1CCC[C@H](N[C@@H](CO)c2ccco2)CC1. The van der Waals surface area contributed by atoms with Gasteiger partial charge in [-0.25, -0.2) is 4.79 Å². The molecule has 130 valence electrons. The van der Waals surface area contributed by atoms with Crippen LogP contribution in [0.25, 0.3) is 0 Å². The predicted octanol–water partition coefficient (Wildman–Crippen LogP) is 2.69. The highest BCUT2D eigenvalue weighted by molar-refractivity contribution is 5.68. The Balaban J connectivity index is 1.87. The number of carbonyl (C=O) groups excluding carboxylic acids is 1. The first-order valence-electron chi connectivity index (χ1n) is 8.27. The number of carbonyl (C=O) groups is 1. The molecular weight excluding hydrogens is 296 g/mol. The summed E-state index contributed by atoms with van der Waals surface area (Å²) in [5.74, 6) is 0.737. The van der Waals surface area contributed by atoms with Crippen molar-refractivity contribution in [3.63, 3.8) is 0 Å². The second kappa shape index (κ2) is 7.84. The molecular formula is C17H28N2O4. The van der Waals surface area contributed by atoms with Crippen LogP contribution in [0.5, 0.6) is 0 Å². The first-order chi connectivity index (χ1) is 10.9. The zero-order valence-corrected chi connectivity index (χ0v) is 14.2. The number of furan rings is 1. The van der Waals surface area contributed by atoms with Gasteiger partial charge in [0.25, 0.3) is 0 Å². The van der Waals surface area contributed by atoms with E-state index in [1.165, 1.54) is 0 Å². The fourth-order valence-corrected chi connectivity index (χ4v) is 2.77. The molecule has 0 aromatic carbocycles. The van der Waals surface area contributed by atoms with E-state index in [-0.39, 0.29) is 24.8 Å². The lowest BCUT2D eigenvalue weighted by Crippen LogP contribution is -2.39. The highest BCUT2D eigenvalue weighted by Crippen LogP contribution is 2.19. The van der Waals surface area contributed by atoms with Gasteiger partial charge < -0.3 is 24.5 Å². The number of nitrogens with one attached hydrogen (secondary N) is 1. The molecule has 1 fully saturated rings. The summed E-state index contributed by atoms with van der Waals surface area (Å²) < 4.78 is 10.8. The van der Waals surface area contributed by atoms with E-state index in [1.54, 1.807) is 11.2 Å². The second-order valence-electron chi connectivity index (χ2n) is 7.01. The molecule has 6 nitrogen and oxygen atoms in total. The number of hydrogen-bond donors (Lipinski definition) is 2. The summed E-state index contributed by atoms with van der Waals surface area (Å²) in [7, 11) is 0.